The zero-order chi connectivity index (χ0) is 24.4. The number of nitrogens with zero attached hydrogens (tertiary/aromatic N) is 2. The molecule has 176 valence electrons. The molecule has 6 heteroatoms. The van der Waals surface area contributed by atoms with Crippen LogP contribution < -0.4 is 0 Å². The number of amides is 1. The van der Waals surface area contributed by atoms with Crippen LogP contribution in [0.1, 0.15) is 52.9 Å². The van der Waals surface area contributed by atoms with Crippen molar-refractivity contribution in [1.29, 1.82) is 5.26 Å². The SMILES string of the molecule is N#Cc1cccc(-c2ccc(F)c(CN(C(=O)c3sc4ccccc4c3Cl)C3CCCCC3)c2)c1. The van der Waals surface area contributed by atoms with Crippen LogP contribution in [0.5, 0.6) is 0 Å². The molecule has 0 saturated heterocycles. The van der Waals surface area contributed by atoms with Crippen molar-refractivity contribution in [2.24, 2.45) is 0 Å². The summed E-state index contributed by atoms with van der Waals surface area (Å²) >= 11 is 8.06. The first-order valence-corrected chi connectivity index (χ1v) is 13.0. The van der Waals surface area contributed by atoms with Crippen molar-refractivity contribution in [2.45, 2.75) is 44.7 Å². The smallest absolute Gasteiger partial charge is 0.266 e. The lowest BCUT2D eigenvalue weighted by Gasteiger charge is -2.34. The van der Waals surface area contributed by atoms with Crippen LogP contribution in [0, 0.1) is 17.1 Å². The monoisotopic (exact) mass is 502 g/mol. The van der Waals surface area contributed by atoms with Gasteiger partial charge in [-0.2, -0.15) is 5.26 Å². The maximum atomic E-state index is 15.1. The van der Waals surface area contributed by atoms with E-state index in [0.717, 1.165) is 53.3 Å². The number of hydrogen-bond acceptors (Lipinski definition) is 3. The van der Waals surface area contributed by atoms with Gasteiger partial charge in [-0.15, -0.1) is 11.3 Å². The molecule has 0 radical (unpaired) electrons. The highest BCUT2D eigenvalue weighted by Gasteiger charge is 2.30. The lowest BCUT2D eigenvalue weighted by atomic mass is 9.93. The van der Waals surface area contributed by atoms with Crippen LogP contribution in [0.15, 0.2) is 66.7 Å². The van der Waals surface area contributed by atoms with E-state index in [1.54, 1.807) is 24.3 Å². The van der Waals surface area contributed by atoms with Crippen LogP contribution in [0.4, 0.5) is 4.39 Å². The van der Waals surface area contributed by atoms with Crippen LogP contribution in [0.2, 0.25) is 5.02 Å². The molecular formula is C29H24ClFN2OS. The van der Waals surface area contributed by atoms with Gasteiger partial charge in [0, 0.05) is 28.2 Å². The van der Waals surface area contributed by atoms with Crippen LogP contribution >= 0.6 is 22.9 Å². The molecule has 0 N–H and O–H groups in total. The molecule has 1 fully saturated rings. The van der Waals surface area contributed by atoms with Gasteiger partial charge in [0.1, 0.15) is 10.7 Å². The summed E-state index contributed by atoms with van der Waals surface area (Å²) < 4.78 is 16.0. The van der Waals surface area contributed by atoms with E-state index >= 15 is 4.39 Å². The molecule has 1 aromatic heterocycles. The highest BCUT2D eigenvalue weighted by Crippen LogP contribution is 2.37. The number of benzene rings is 3. The highest BCUT2D eigenvalue weighted by molar-refractivity contribution is 7.21. The van der Waals surface area contributed by atoms with Gasteiger partial charge in [0.15, 0.2) is 0 Å². The average molecular weight is 503 g/mol. The van der Waals surface area contributed by atoms with E-state index in [4.69, 9.17) is 11.6 Å². The van der Waals surface area contributed by atoms with Gasteiger partial charge in [-0.1, -0.05) is 67.3 Å². The third kappa shape index (κ3) is 4.82. The molecule has 0 spiro atoms. The molecule has 1 aliphatic rings. The van der Waals surface area contributed by atoms with Crippen LogP contribution in [-0.4, -0.2) is 16.8 Å². The molecule has 0 bridgehead atoms. The molecule has 3 aromatic carbocycles. The van der Waals surface area contributed by atoms with Crippen LogP contribution in [0.3, 0.4) is 0 Å². The second-order valence-electron chi connectivity index (χ2n) is 8.97. The molecule has 4 aromatic rings. The standard InChI is InChI=1S/C29H24ClFN2OS/c30-27-24-11-4-5-12-26(24)35-28(27)29(34)33(23-9-2-1-3-10-23)18-22-16-21(13-14-25(22)31)20-8-6-7-19(15-20)17-32/h4-8,11-16,23H,1-3,9-10,18H2. The number of carbonyl (C=O) groups excluding carboxylic acids is 1. The summed E-state index contributed by atoms with van der Waals surface area (Å²) in [6.07, 6.45) is 5.07. The second-order valence-corrected chi connectivity index (χ2v) is 10.4. The van der Waals surface area contributed by atoms with E-state index in [1.807, 2.05) is 41.3 Å². The lowest BCUT2D eigenvalue weighted by Crippen LogP contribution is -2.41. The van der Waals surface area contributed by atoms with Crippen LogP contribution in [-0.2, 0) is 6.54 Å². The van der Waals surface area contributed by atoms with Crippen molar-refractivity contribution in [1.82, 2.24) is 4.90 Å². The molecule has 1 saturated carbocycles. The summed E-state index contributed by atoms with van der Waals surface area (Å²) in [7, 11) is 0. The van der Waals surface area contributed by atoms with E-state index in [0.29, 0.717) is 21.0 Å². The van der Waals surface area contributed by atoms with Gasteiger partial charge in [0.25, 0.3) is 5.91 Å². The van der Waals surface area contributed by atoms with Crippen molar-refractivity contribution >= 4 is 38.9 Å². The first kappa shape index (κ1) is 23.5. The van der Waals surface area contributed by atoms with Crippen molar-refractivity contribution in [3.8, 4) is 17.2 Å². The molecule has 3 nitrogen and oxygen atoms in total. The third-order valence-electron chi connectivity index (χ3n) is 6.72. The summed E-state index contributed by atoms with van der Waals surface area (Å²) in [5.74, 6) is -0.486. The molecule has 1 heterocycles. The number of halogens is 2. The maximum absolute atomic E-state index is 15.1. The Kier molecular flexibility index (Phi) is 6.86. The first-order valence-electron chi connectivity index (χ1n) is 11.8. The molecule has 0 atom stereocenters. The Hall–Kier alpha value is -3.20. The Balaban J connectivity index is 1.52. The summed E-state index contributed by atoms with van der Waals surface area (Å²) in [4.78, 5) is 16.2. The van der Waals surface area contributed by atoms with Crippen molar-refractivity contribution < 1.29 is 9.18 Å². The first-order chi connectivity index (χ1) is 17.0. The third-order valence-corrected chi connectivity index (χ3v) is 8.38. The van der Waals surface area contributed by atoms with Gasteiger partial charge in [-0.25, -0.2) is 4.39 Å². The highest BCUT2D eigenvalue weighted by atomic mass is 35.5. The summed E-state index contributed by atoms with van der Waals surface area (Å²) in [5, 5.41) is 10.6. The second kappa shape index (κ2) is 10.2. The van der Waals surface area contributed by atoms with E-state index in [1.165, 1.54) is 17.4 Å². The van der Waals surface area contributed by atoms with E-state index in [9.17, 15) is 10.1 Å². The van der Waals surface area contributed by atoms with Gasteiger partial charge >= 0.3 is 0 Å². The van der Waals surface area contributed by atoms with E-state index in [2.05, 4.69) is 6.07 Å². The fraction of sp³-hybridized carbons (Fsp3) is 0.241. The van der Waals surface area contributed by atoms with Gasteiger partial charge in [0.05, 0.1) is 16.7 Å². The quantitative estimate of drug-likeness (QED) is 0.276. The predicted octanol–water partition coefficient (Wildman–Crippen LogP) is 8.21. The number of nitriles is 1. The normalized spacial score (nSPS) is 14.1. The average Bonchev–Trinajstić information content (AvgIpc) is 3.25. The van der Waals surface area contributed by atoms with E-state index < -0.39 is 0 Å². The van der Waals surface area contributed by atoms with Gasteiger partial charge < -0.3 is 4.90 Å². The van der Waals surface area contributed by atoms with Crippen molar-refractivity contribution in [3.05, 3.63) is 93.6 Å². The number of fused-ring (bicyclic) bond motifs is 1. The molecule has 0 aliphatic heterocycles. The zero-order valence-electron chi connectivity index (χ0n) is 19.1. The van der Waals surface area contributed by atoms with E-state index in [-0.39, 0.29) is 24.3 Å². The predicted molar refractivity (Wildman–Crippen MR) is 140 cm³/mol. The minimum atomic E-state index is -0.346. The Labute approximate surface area is 213 Å². The van der Waals surface area contributed by atoms with Crippen molar-refractivity contribution in [2.75, 3.05) is 0 Å². The Morgan fingerprint density at radius 2 is 1.80 bits per heavy atom. The fourth-order valence-corrected chi connectivity index (χ4v) is 6.34. The molecule has 35 heavy (non-hydrogen) atoms. The summed E-state index contributed by atoms with van der Waals surface area (Å²) in [6.45, 7) is 0.172. The minimum Gasteiger partial charge on any atom is -0.330 e. The zero-order valence-corrected chi connectivity index (χ0v) is 20.7. The Bertz CT molecular complexity index is 1430. The fourth-order valence-electron chi connectivity index (χ4n) is 4.87. The number of rotatable bonds is 5. The minimum absolute atomic E-state index is 0.0440. The number of thiophene rings is 1. The largest absolute Gasteiger partial charge is 0.330 e. The lowest BCUT2D eigenvalue weighted by molar-refractivity contribution is 0.0617. The number of carbonyl (C=O) groups is 1. The molecule has 1 aliphatic carbocycles. The molecular weight excluding hydrogens is 479 g/mol. The summed E-state index contributed by atoms with van der Waals surface area (Å²) in [6, 6.07) is 22.1. The van der Waals surface area contributed by atoms with Crippen molar-refractivity contribution in [3.63, 3.8) is 0 Å². The Morgan fingerprint density at radius 1 is 1.03 bits per heavy atom. The molecule has 1 amide bonds. The topological polar surface area (TPSA) is 44.1 Å². The van der Waals surface area contributed by atoms with Gasteiger partial charge in [-0.05, 0) is 54.3 Å². The number of hydrogen-bond donors (Lipinski definition) is 0. The summed E-state index contributed by atoms with van der Waals surface area (Å²) in [5.41, 5.74) is 2.66. The molecule has 5 rings (SSSR count). The maximum Gasteiger partial charge on any atom is 0.266 e. The van der Waals surface area contributed by atoms with Gasteiger partial charge in [0.2, 0.25) is 0 Å². The molecule has 0 unspecified atom stereocenters. The van der Waals surface area contributed by atoms with Gasteiger partial charge in [-0.3, -0.25) is 4.79 Å². The Morgan fingerprint density at radius 3 is 2.57 bits per heavy atom. The van der Waals surface area contributed by atoms with Crippen LogP contribution in [0.25, 0.3) is 21.2 Å².